The lowest BCUT2D eigenvalue weighted by atomic mass is 9.83. The summed E-state index contributed by atoms with van der Waals surface area (Å²) in [6, 6.07) is 0. The minimum atomic E-state index is -1.58. The Bertz CT molecular complexity index is 301. The van der Waals surface area contributed by atoms with Crippen LogP contribution in [-0.4, -0.2) is 44.3 Å². The number of hydrogen-bond acceptors (Lipinski definition) is 4. The van der Waals surface area contributed by atoms with Crippen LogP contribution < -0.4 is 0 Å². The summed E-state index contributed by atoms with van der Waals surface area (Å²) >= 11 is 0. The molecule has 0 aromatic heterocycles. The molecule has 104 valence electrons. The summed E-state index contributed by atoms with van der Waals surface area (Å²) in [6.07, 6.45) is -0.567. The van der Waals surface area contributed by atoms with Gasteiger partial charge in [0.05, 0.1) is 0 Å². The molecule has 0 radical (unpaired) electrons. The van der Waals surface area contributed by atoms with Gasteiger partial charge in [0.15, 0.2) is 5.41 Å². The minimum Gasteiger partial charge on any atom is -0.481 e. The van der Waals surface area contributed by atoms with Crippen LogP contribution in [0.3, 0.4) is 0 Å². The third kappa shape index (κ3) is 5.83. The molecule has 18 heavy (non-hydrogen) atoms. The first-order valence-electron chi connectivity index (χ1n) is 5.04. The van der Waals surface area contributed by atoms with E-state index < -0.39 is 35.7 Å². The summed E-state index contributed by atoms with van der Waals surface area (Å²) in [4.78, 5) is 39.9. The van der Waals surface area contributed by atoms with E-state index in [-0.39, 0.29) is 12.8 Å². The molecular formula is C10H16O8. The van der Waals surface area contributed by atoms with Crippen molar-refractivity contribution < 1.29 is 39.6 Å². The van der Waals surface area contributed by atoms with Gasteiger partial charge in [-0.25, -0.2) is 0 Å². The van der Waals surface area contributed by atoms with Gasteiger partial charge >= 0.3 is 23.9 Å². The Kier molecular flexibility index (Phi) is 8.15. The molecule has 0 spiro atoms. The standard InChI is InChI=1S/C7H12O4.C3H4O4/c1-3-7(4-2,5(8)9)6(10)11;4-2(5)1-3(6)7/h3-4H2,1-2H3,(H,8,9)(H,10,11);1H2,(H,4,5)(H,6,7). The maximum atomic E-state index is 10.5. The van der Waals surface area contributed by atoms with E-state index in [1.54, 1.807) is 13.8 Å². The third-order valence-corrected chi connectivity index (χ3v) is 2.33. The van der Waals surface area contributed by atoms with Gasteiger partial charge in [-0.05, 0) is 12.8 Å². The Morgan fingerprint density at radius 1 is 0.778 bits per heavy atom. The van der Waals surface area contributed by atoms with E-state index in [2.05, 4.69) is 0 Å². The molecule has 0 rings (SSSR count). The molecule has 0 saturated heterocycles. The van der Waals surface area contributed by atoms with Crippen molar-refractivity contribution in [1.82, 2.24) is 0 Å². The predicted molar refractivity (Wildman–Crippen MR) is 58.2 cm³/mol. The minimum absolute atomic E-state index is 0.119. The van der Waals surface area contributed by atoms with Crippen molar-refractivity contribution >= 4 is 23.9 Å². The van der Waals surface area contributed by atoms with Crippen LogP contribution >= 0.6 is 0 Å². The lowest BCUT2D eigenvalue weighted by molar-refractivity contribution is -0.165. The lowest BCUT2D eigenvalue weighted by Crippen LogP contribution is -2.38. The van der Waals surface area contributed by atoms with Crippen molar-refractivity contribution in [3.8, 4) is 0 Å². The first-order chi connectivity index (χ1) is 8.13. The molecule has 0 atom stereocenters. The van der Waals surface area contributed by atoms with E-state index in [0.29, 0.717) is 0 Å². The smallest absolute Gasteiger partial charge is 0.321 e. The number of carboxylic acid groups (broad SMARTS) is 4. The van der Waals surface area contributed by atoms with Gasteiger partial charge in [-0.15, -0.1) is 0 Å². The second-order valence-electron chi connectivity index (χ2n) is 3.36. The Hall–Kier alpha value is -2.12. The number of hydrogen-bond donors (Lipinski definition) is 4. The van der Waals surface area contributed by atoms with Gasteiger partial charge in [0.2, 0.25) is 0 Å². The van der Waals surface area contributed by atoms with Crippen molar-refractivity contribution in [2.45, 2.75) is 33.1 Å². The molecular weight excluding hydrogens is 248 g/mol. The largest absolute Gasteiger partial charge is 0.481 e. The zero-order chi connectivity index (χ0) is 14.9. The summed E-state index contributed by atoms with van der Waals surface area (Å²) < 4.78 is 0. The van der Waals surface area contributed by atoms with Crippen LogP contribution in [0.4, 0.5) is 0 Å². The van der Waals surface area contributed by atoms with Crippen LogP contribution in [0, 0.1) is 5.41 Å². The molecule has 0 aliphatic carbocycles. The highest BCUT2D eigenvalue weighted by Gasteiger charge is 2.42. The number of carboxylic acids is 4. The van der Waals surface area contributed by atoms with Gasteiger partial charge in [0, 0.05) is 0 Å². The monoisotopic (exact) mass is 264 g/mol. The second kappa shape index (κ2) is 8.04. The van der Waals surface area contributed by atoms with Crippen molar-refractivity contribution in [3.05, 3.63) is 0 Å². The Balaban J connectivity index is 0. The Morgan fingerprint density at radius 3 is 1.06 bits per heavy atom. The molecule has 8 heteroatoms. The number of carbonyl (C=O) groups is 4. The van der Waals surface area contributed by atoms with Gasteiger partial charge in [-0.1, -0.05) is 13.8 Å². The van der Waals surface area contributed by atoms with Gasteiger partial charge < -0.3 is 20.4 Å². The van der Waals surface area contributed by atoms with Crippen LogP contribution in [-0.2, 0) is 19.2 Å². The predicted octanol–water partition coefficient (Wildman–Crippen LogP) is 0.508. The van der Waals surface area contributed by atoms with Crippen molar-refractivity contribution in [2.24, 2.45) is 5.41 Å². The Labute approximate surface area is 103 Å². The zero-order valence-electron chi connectivity index (χ0n) is 10.0. The molecule has 0 aromatic carbocycles. The van der Waals surface area contributed by atoms with E-state index in [0.717, 1.165) is 0 Å². The van der Waals surface area contributed by atoms with Crippen molar-refractivity contribution in [3.63, 3.8) is 0 Å². The normalized spacial score (nSPS) is 9.89. The molecule has 8 nitrogen and oxygen atoms in total. The van der Waals surface area contributed by atoms with Gasteiger partial charge in [-0.2, -0.15) is 0 Å². The molecule has 0 bridgehead atoms. The molecule has 0 fully saturated rings. The number of aliphatic carboxylic acids is 4. The molecule has 0 amide bonds. The topological polar surface area (TPSA) is 149 Å². The molecule has 0 saturated carbocycles. The Morgan fingerprint density at radius 2 is 1.06 bits per heavy atom. The highest BCUT2D eigenvalue weighted by atomic mass is 16.4. The summed E-state index contributed by atoms with van der Waals surface area (Å²) in [5, 5.41) is 32.6. The van der Waals surface area contributed by atoms with Crippen molar-refractivity contribution in [2.75, 3.05) is 0 Å². The van der Waals surface area contributed by atoms with E-state index >= 15 is 0 Å². The fraction of sp³-hybridized carbons (Fsp3) is 0.600. The SMILES string of the molecule is CCC(CC)(C(=O)O)C(=O)O.O=C(O)CC(=O)O. The van der Waals surface area contributed by atoms with E-state index in [1.165, 1.54) is 0 Å². The molecule has 0 aliphatic rings. The van der Waals surface area contributed by atoms with Crippen LogP contribution in [0.5, 0.6) is 0 Å². The summed E-state index contributed by atoms with van der Waals surface area (Å²) in [6.45, 7) is 3.12. The molecule has 0 unspecified atom stereocenters. The molecule has 4 N–H and O–H groups in total. The van der Waals surface area contributed by atoms with E-state index in [1.807, 2.05) is 0 Å². The highest BCUT2D eigenvalue weighted by Crippen LogP contribution is 2.26. The summed E-state index contributed by atoms with van der Waals surface area (Å²) in [5.74, 6) is -5.13. The van der Waals surface area contributed by atoms with Gasteiger partial charge in [-0.3, -0.25) is 19.2 Å². The van der Waals surface area contributed by atoms with E-state index in [9.17, 15) is 19.2 Å². The number of rotatable bonds is 6. The molecule has 0 heterocycles. The van der Waals surface area contributed by atoms with Crippen LogP contribution in [0.2, 0.25) is 0 Å². The fourth-order valence-corrected chi connectivity index (χ4v) is 1.08. The van der Waals surface area contributed by atoms with Crippen molar-refractivity contribution in [1.29, 1.82) is 0 Å². The first kappa shape index (κ1) is 18.3. The third-order valence-electron chi connectivity index (χ3n) is 2.33. The fourth-order valence-electron chi connectivity index (χ4n) is 1.08. The molecule has 0 aromatic rings. The van der Waals surface area contributed by atoms with Crippen LogP contribution in [0.25, 0.3) is 0 Å². The lowest BCUT2D eigenvalue weighted by Gasteiger charge is -2.20. The molecule has 0 aliphatic heterocycles. The summed E-state index contributed by atoms with van der Waals surface area (Å²) in [5.41, 5.74) is -1.58. The maximum Gasteiger partial charge on any atom is 0.321 e. The van der Waals surface area contributed by atoms with E-state index in [4.69, 9.17) is 20.4 Å². The average Bonchev–Trinajstić information content (AvgIpc) is 2.17. The van der Waals surface area contributed by atoms with Crippen LogP contribution in [0.1, 0.15) is 33.1 Å². The zero-order valence-corrected chi connectivity index (χ0v) is 10.0. The first-order valence-corrected chi connectivity index (χ1v) is 5.04. The quantitative estimate of drug-likeness (QED) is 0.507. The highest BCUT2D eigenvalue weighted by molar-refractivity contribution is 5.98. The second-order valence-corrected chi connectivity index (χ2v) is 3.36. The van der Waals surface area contributed by atoms with Crippen LogP contribution in [0.15, 0.2) is 0 Å². The maximum absolute atomic E-state index is 10.5. The summed E-state index contributed by atoms with van der Waals surface area (Å²) in [7, 11) is 0. The van der Waals surface area contributed by atoms with Gasteiger partial charge in [0.1, 0.15) is 6.42 Å². The average molecular weight is 264 g/mol. The van der Waals surface area contributed by atoms with Gasteiger partial charge in [0.25, 0.3) is 0 Å².